The van der Waals surface area contributed by atoms with E-state index in [4.69, 9.17) is 37.4 Å². The molecule has 1 aliphatic rings. The number of benzene rings is 3. The van der Waals surface area contributed by atoms with Crippen molar-refractivity contribution in [2.45, 2.75) is 13.5 Å². The summed E-state index contributed by atoms with van der Waals surface area (Å²) in [5.74, 6) is 1.26. The summed E-state index contributed by atoms with van der Waals surface area (Å²) in [7, 11) is 0. The Morgan fingerprint density at radius 3 is 2.44 bits per heavy atom. The van der Waals surface area contributed by atoms with Gasteiger partial charge in [-0.05, 0) is 71.4 Å². The van der Waals surface area contributed by atoms with Crippen molar-refractivity contribution in [2.75, 3.05) is 37.8 Å². The number of aliphatic imine (C=N–C) groups is 1. The summed E-state index contributed by atoms with van der Waals surface area (Å²) >= 11 is 15.9. The average molecular weight is 564 g/mol. The molecule has 0 spiro atoms. The third-order valence-electron chi connectivity index (χ3n) is 5.34. The summed E-state index contributed by atoms with van der Waals surface area (Å²) in [4.78, 5) is 6.96. The van der Waals surface area contributed by atoms with Gasteiger partial charge in [0.1, 0.15) is 6.61 Å². The minimum Gasteiger partial charge on any atom is -0.490 e. The van der Waals surface area contributed by atoms with E-state index < -0.39 is 0 Å². The van der Waals surface area contributed by atoms with E-state index in [0.29, 0.717) is 34.8 Å². The van der Waals surface area contributed by atoms with Crippen LogP contribution in [0.5, 0.6) is 11.5 Å². The predicted octanol–water partition coefficient (Wildman–Crippen LogP) is 7.32. The molecule has 0 atom stereocenters. The smallest absolute Gasteiger partial charge is 0.162 e. The van der Waals surface area contributed by atoms with Crippen molar-refractivity contribution >= 4 is 56.7 Å². The summed E-state index contributed by atoms with van der Waals surface area (Å²) < 4.78 is 18.1. The molecule has 8 heteroatoms. The van der Waals surface area contributed by atoms with Crippen LogP contribution in [0.1, 0.15) is 18.1 Å². The van der Waals surface area contributed by atoms with Gasteiger partial charge in [0, 0.05) is 50.6 Å². The zero-order chi connectivity index (χ0) is 23.9. The fraction of sp³-hybridized carbons (Fsp3) is 0.269. The highest BCUT2D eigenvalue weighted by Crippen LogP contribution is 2.35. The molecule has 1 aliphatic heterocycles. The summed E-state index contributed by atoms with van der Waals surface area (Å²) in [6, 6.07) is 17.4. The van der Waals surface area contributed by atoms with E-state index in [-0.39, 0.29) is 0 Å². The van der Waals surface area contributed by atoms with Gasteiger partial charge in [0.15, 0.2) is 11.5 Å². The molecule has 0 aliphatic carbocycles. The van der Waals surface area contributed by atoms with Crippen LogP contribution >= 0.6 is 39.1 Å². The molecule has 1 heterocycles. The van der Waals surface area contributed by atoms with Crippen molar-refractivity contribution in [3.05, 3.63) is 80.2 Å². The first-order valence-corrected chi connectivity index (χ1v) is 12.6. The van der Waals surface area contributed by atoms with Crippen LogP contribution < -0.4 is 14.4 Å². The third-order valence-corrected chi connectivity index (χ3v) is 6.61. The molecule has 4 rings (SSSR count). The lowest BCUT2D eigenvalue weighted by Crippen LogP contribution is -2.36. The molecule has 178 valence electrons. The number of hydrogen-bond donors (Lipinski definition) is 0. The fourth-order valence-electron chi connectivity index (χ4n) is 3.54. The SMILES string of the molecule is CCOc1cc(C=Nc2ccc(N3CCOCC3)cc2)c(Br)cc1OCc1ccc(Cl)cc1Cl. The molecule has 1 fully saturated rings. The summed E-state index contributed by atoms with van der Waals surface area (Å²) in [5, 5.41) is 1.15. The van der Waals surface area contributed by atoms with E-state index in [1.54, 1.807) is 12.1 Å². The van der Waals surface area contributed by atoms with Crippen LogP contribution in [0.3, 0.4) is 0 Å². The van der Waals surface area contributed by atoms with Gasteiger partial charge in [-0.25, -0.2) is 0 Å². The van der Waals surface area contributed by atoms with Crippen molar-refractivity contribution in [3.63, 3.8) is 0 Å². The van der Waals surface area contributed by atoms with E-state index in [1.807, 2.05) is 43.5 Å². The summed E-state index contributed by atoms with van der Waals surface area (Å²) in [5.41, 5.74) is 3.79. The molecule has 0 radical (unpaired) electrons. The van der Waals surface area contributed by atoms with Gasteiger partial charge >= 0.3 is 0 Å². The first-order valence-electron chi connectivity index (χ1n) is 11.0. The third kappa shape index (κ3) is 6.45. The second kappa shape index (κ2) is 11.9. The Balaban J connectivity index is 1.48. The van der Waals surface area contributed by atoms with Gasteiger partial charge in [0.2, 0.25) is 0 Å². The van der Waals surface area contributed by atoms with E-state index in [2.05, 4.69) is 38.0 Å². The lowest BCUT2D eigenvalue weighted by Gasteiger charge is -2.28. The Morgan fingerprint density at radius 2 is 1.74 bits per heavy atom. The minimum absolute atomic E-state index is 0.297. The van der Waals surface area contributed by atoms with E-state index in [9.17, 15) is 0 Å². The number of rotatable bonds is 8. The number of halogens is 3. The van der Waals surface area contributed by atoms with Gasteiger partial charge in [-0.3, -0.25) is 4.99 Å². The van der Waals surface area contributed by atoms with Gasteiger partial charge in [-0.2, -0.15) is 0 Å². The first kappa shape index (κ1) is 24.9. The Morgan fingerprint density at radius 1 is 1.00 bits per heavy atom. The molecule has 0 saturated carbocycles. The van der Waals surface area contributed by atoms with Gasteiger partial charge in [0.05, 0.1) is 25.5 Å². The zero-order valence-corrected chi connectivity index (χ0v) is 21.9. The summed E-state index contributed by atoms with van der Waals surface area (Å²) in [6.07, 6.45) is 1.82. The molecule has 1 saturated heterocycles. The number of hydrogen-bond acceptors (Lipinski definition) is 5. The first-order chi connectivity index (χ1) is 16.5. The Labute approximate surface area is 218 Å². The van der Waals surface area contributed by atoms with Gasteiger partial charge in [-0.1, -0.05) is 29.3 Å². The topological polar surface area (TPSA) is 43.3 Å². The fourth-order valence-corrected chi connectivity index (χ4v) is 4.43. The molecule has 0 amide bonds. The number of ether oxygens (including phenoxy) is 3. The van der Waals surface area contributed by atoms with Crippen LogP contribution in [0.4, 0.5) is 11.4 Å². The molecule has 0 bridgehead atoms. The van der Waals surface area contributed by atoms with Gasteiger partial charge in [0.25, 0.3) is 0 Å². The standard InChI is InChI=1S/C26H25BrCl2N2O3/c1-2-33-25-13-19(16-30-21-5-7-22(8-6-21)31-9-11-32-12-10-31)23(27)15-26(25)34-17-18-3-4-20(28)14-24(18)29/h3-8,13-16H,2,9-12,17H2,1H3. The molecule has 34 heavy (non-hydrogen) atoms. The van der Waals surface area contributed by atoms with E-state index in [1.165, 1.54) is 5.69 Å². The highest BCUT2D eigenvalue weighted by Gasteiger charge is 2.13. The van der Waals surface area contributed by atoms with Crippen molar-refractivity contribution in [2.24, 2.45) is 4.99 Å². The summed E-state index contributed by atoms with van der Waals surface area (Å²) in [6.45, 7) is 6.10. The minimum atomic E-state index is 0.297. The normalized spacial score (nSPS) is 13.9. The Kier molecular flexibility index (Phi) is 8.73. The van der Waals surface area contributed by atoms with Crippen molar-refractivity contribution < 1.29 is 14.2 Å². The Hall–Kier alpha value is -2.25. The maximum atomic E-state index is 6.28. The van der Waals surface area contributed by atoms with Crippen molar-refractivity contribution in [3.8, 4) is 11.5 Å². The second-order valence-electron chi connectivity index (χ2n) is 7.65. The molecule has 3 aromatic rings. The van der Waals surface area contributed by atoms with Crippen LogP contribution in [0, 0.1) is 0 Å². The van der Waals surface area contributed by atoms with Gasteiger partial charge < -0.3 is 19.1 Å². The number of anilines is 1. The van der Waals surface area contributed by atoms with Crippen molar-refractivity contribution in [1.29, 1.82) is 0 Å². The molecule has 0 N–H and O–H groups in total. The highest BCUT2D eigenvalue weighted by molar-refractivity contribution is 9.10. The van der Waals surface area contributed by atoms with Crippen molar-refractivity contribution in [1.82, 2.24) is 0 Å². The monoisotopic (exact) mass is 562 g/mol. The number of nitrogens with zero attached hydrogens (tertiary/aromatic N) is 2. The lowest BCUT2D eigenvalue weighted by molar-refractivity contribution is 0.122. The maximum absolute atomic E-state index is 6.28. The van der Waals surface area contributed by atoms with Crippen LogP contribution in [0.2, 0.25) is 10.0 Å². The molecule has 5 nitrogen and oxygen atoms in total. The molecular formula is C26H25BrCl2N2O3. The number of morpholine rings is 1. The van der Waals surface area contributed by atoms with Crippen LogP contribution in [0.25, 0.3) is 0 Å². The molecular weight excluding hydrogens is 539 g/mol. The van der Waals surface area contributed by atoms with Crippen LogP contribution in [-0.4, -0.2) is 39.1 Å². The average Bonchev–Trinajstić information content (AvgIpc) is 2.85. The highest BCUT2D eigenvalue weighted by atomic mass is 79.9. The molecule has 0 unspecified atom stereocenters. The van der Waals surface area contributed by atoms with E-state index >= 15 is 0 Å². The van der Waals surface area contributed by atoms with Crippen LogP contribution in [-0.2, 0) is 11.3 Å². The molecule has 0 aromatic heterocycles. The zero-order valence-electron chi connectivity index (χ0n) is 18.8. The predicted molar refractivity (Wildman–Crippen MR) is 143 cm³/mol. The second-order valence-corrected chi connectivity index (χ2v) is 9.35. The largest absolute Gasteiger partial charge is 0.490 e. The van der Waals surface area contributed by atoms with Crippen LogP contribution in [0.15, 0.2) is 64.1 Å². The van der Waals surface area contributed by atoms with E-state index in [0.717, 1.165) is 47.6 Å². The van der Waals surface area contributed by atoms with Gasteiger partial charge in [-0.15, -0.1) is 0 Å². The lowest BCUT2D eigenvalue weighted by atomic mass is 10.2. The molecule has 3 aromatic carbocycles. The maximum Gasteiger partial charge on any atom is 0.162 e. The Bertz CT molecular complexity index is 1150. The quantitative estimate of drug-likeness (QED) is 0.269.